The third-order valence-corrected chi connectivity index (χ3v) is 9.50. The van der Waals surface area contributed by atoms with Gasteiger partial charge in [-0.1, -0.05) is 6.07 Å². The van der Waals surface area contributed by atoms with Gasteiger partial charge in [-0.15, -0.1) is 0 Å². The van der Waals surface area contributed by atoms with Crippen molar-refractivity contribution in [1.82, 2.24) is 14.7 Å². The number of fused-ring (bicyclic) bond motifs is 1. The molecule has 234 valence electrons. The SMILES string of the molecule is Cc1cc(F)ccc1[C@H]1C[C@@H](N2CC3CC3(C(=O)O)C2)CCN1C(=O)N(C)[C@H](C)c1cc(C(F)(F)F)cc(C(F)(F)F)c1. The second kappa shape index (κ2) is 10.7. The Morgan fingerprint density at radius 2 is 1.67 bits per heavy atom. The van der Waals surface area contributed by atoms with E-state index in [-0.39, 0.29) is 30.1 Å². The number of rotatable bonds is 5. The molecular formula is C30H32F7N3O3. The highest BCUT2D eigenvalue weighted by atomic mass is 19.4. The minimum atomic E-state index is -5.03. The summed E-state index contributed by atoms with van der Waals surface area (Å²) in [7, 11) is 1.33. The number of carbonyl (C=O) groups excluding carboxylic acids is 1. The van der Waals surface area contributed by atoms with Crippen LogP contribution in [0.5, 0.6) is 0 Å². The molecule has 2 unspecified atom stereocenters. The first-order valence-electron chi connectivity index (χ1n) is 14.0. The second-order valence-corrected chi connectivity index (χ2v) is 12.1. The lowest BCUT2D eigenvalue weighted by molar-refractivity contribution is -0.144. The Hall–Kier alpha value is -3.35. The molecule has 2 aromatic rings. The van der Waals surface area contributed by atoms with Crippen molar-refractivity contribution in [2.24, 2.45) is 11.3 Å². The maximum Gasteiger partial charge on any atom is 0.416 e. The highest BCUT2D eigenvalue weighted by molar-refractivity contribution is 5.79. The molecule has 3 fully saturated rings. The number of alkyl halides is 6. The first kappa shape index (κ1) is 31.1. The molecule has 2 saturated heterocycles. The highest BCUT2D eigenvalue weighted by Gasteiger charge is 2.66. The minimum absolute atomic E-state index is 0.0486. The summed E-state index contributed by atoms with van der Waals surface area (Å²) in [5, 5.41) is 9.72. The van der Waals surface area contributed by atoms with Gasteiger partial charge in [0.1, 0.15) is 5.82 Å². The number of carbonyl (C=O) groups is 2. The fourth-order valence-electron chi connectivity index (χ4n) is 6.76. The quantitative estimate of drug-likeness (QED) is 0.372. The Balaban J connectivity index is 1.43. The number of amides is 2. The number of aliphatic carboxylic acids is 1. The second-order valence-electron chi connectivity index (χ2n) is 12.1. The lowest BCUT2D eigenvalue weighted by atomic mass is 9.88. The average molecular weight is 616 g/mol. The van der Waals surface area contributed by atoms with E-state index in [4.69, 9.17) is 0 Å². The van der Waals surface area contributed by atoms with Crippen molar-refractivity contribution in [3.63, 3.8) is 0 Å². The minimum Gasteiger partial charge on any atom is -0.481 e. The van der Waals surface area contributed by atoms with E-state index < -0.39 is 58.8 Å². The molecule has 5 rings (SSSR count). The summed E-state index contributed by atoms with van der Waals surface area (Å²) in [6.07, 6.45) is -8.52. The summed E-state index contributed by atoms with van der Waals surface area (Å²) in [6.45, 7) is 4.28. The van der Waals surface area contributed by atoms with E-state index in [2.05, 4.69) is 4.90 Å². The zero-order valence-electron chi connectivity index (χ0n) is 23.8. The number of likely N-dealkylation sites (tertiary alicyclic amines) is 2. The van der Waals surface area contributed by atoms with Gasteiger partial charge in [0.05, 0.1) is 28.6 Å². The number of carboxylic acids is 1. The van der Waals surface area contributed by atoms with Crippen molar-refractivity contribution < 1.29 is 45.4 Å². The van der Waals surface area contributed by atoms with Crippen molar-refractivity contribution in [3.05, 3.63) is 70.0 Å². The fraction of sp³-hybridized carbons (Fsp3) is 0.533. The number of benzene rings is 2. The van der Waals surface area contributed by atoms with Gasteiger partial charge in [0.2, 0.25) is 0 Å². The molecule has 0 aromatic heterocycles. The third kappa shape index (κ3) is 5.80. The Bertz CT molecular complexity index is 1400. The van der Waals surface area contributed by atoms with Gasteiger partial charge in [-0.3, -0.25) is 9.69 Å². The van der Waals surface area contributed by atoms with Gasteiger partial charge in [0, 0.05) is 32.7 Å². The first-order valence-corrected chi connectivity index (χ1v) is 14.0. The van der Waals surface area contributed by atoms with Gasteiger partial charge in [-0.25, -0.2) is 9.18 Å². The Morgan fingerprint density at radius 3 is 2.21 bits per heavy atom. The van der Waals surface area contributed by atoms with E-state index >= 15 is 0 Å². The molecule has 43 heavy (non-hydrogen) atoms. The first-order chi connectivity index (χ1) is 19.9. The lowest BCUT2D eigenvalue weighted by Gasteiger charge is -2.45. The van der Waals surface area contributed by atoms with E-state index in [1.807, 2.05) is 0 Å². The van der Waals surface area contributed by atoms with E-state index in [1.54, 1.807) is 13.0 Å². The van der Waals surface area contributed by atoms with Gasteiger partial charge in [-0.05, 0) is 86.1 Å². The Morgan fingerprint density at radius 1 is 1.05 bits per heavy atom. The van der Waals surface area contributed by atoms with E-state index in [0.29, 0.717) is 55.6 Å². The number of halogens is 7. The smallest absolute Gasteiger partial charge is 0.416 e. The van der Waals surface area contributed by atoms with Crippen LogP contribution in [0, 0.1) is 24.1 Å². The molecule has 0 radical (unpaired) electrons. The summed E-state index contributed by atoms with van der Waals surface area (Å²) >= 11 is 0. The predicted octanol–water partition coefficient (Wildman–Crippen LogP) is 6.90. The van der Waals surface area contributed by atoms with E-state index in [1.165, 1.54) is 31.0 Å². The number of hydrogen-bond donors (Lipinski definition) is 1. The van der Waals surface area contributed by atoms with Crippen LogP contribution in [0.3, 0.4) is 0 Å². The van der Waals surface area contributed by atoms with Crippen molar-refractivity contribution in [2.45, 2.75) is 63.6 Å². The standard InChI is InChI=1S/C30H32F7N3O3/c1-16-8-22(31)4-5-24(16)25-12-23(39-14-21-13-28(21,15-39)26(41)42)6-7-40(25)27(43)38(3)17(2)18-9-19(29(32,33)34)11-20(10-18)30(35,36)37/h4-5,8-11,17,21,23,25H,6-7,12-15H2,1-3H3,(H,41,42)/t17-,21?,23+,25-,28?/m1/s1. The van der Waals surface area contributed by atoms with Crippen LogP contribution in [0.15, 0.2) is 36.4 Å². The summed E-state index contributed by atoms with van der Waals surface area (Å²) in [5.41, 5.74) is -2.75. The molecule has 1 saturated carbocycles. The molecule has 1 aliphatic carbocycles. The molecule has 13 heteroatoms. The Kier molecular flexibility index (Phi) is 7.72. The maximum atomic E-state index is 14.0. The molecule has 0 bridgehead atoms. The molecule has 2 heterocycles. The molecule has 5 atom stereocenters. The van der Waals surface area contributed by atoms with Gasteiger partial charge < -0.3 is 14.9 Å². The fourth-order valence-corrected chi connectivity index (χ4v) is 6.76. The summed E-state index contributed by atoms with van der Waals surface area (Å²) in [5.74, 6) is -1.22. The summed E-state index contributed by atoms with van der Waals surface area (Å²) in [6, 6.07) is 3.07. The van der Waals surface area contributed by atoms with Gasteiger partial charge in [0.15, 0.2) is 0 Å². The average Bonchev–Trinajstić information content (AvgIpc) is 3.51. The molecule has 6 nitrogen and oxygen atoms in total. The van der Waals surface area contributed by atoms with Crippen LogP contribution in [0.1, 0.15) is 66.1 Å². The molecule has 3 aliphatic rings. The van der Waals surface area contributed by atoms with Crippen molar-refractivity contribution >= 4 is 12.0 Å². The summed E-state index contributed by atoms with van der Waals surface area (Å²) in [4.78, 5) is 30.5. The molecular weight excluding hydrogens is 583 g/mol. The molecule has 2 aliphatic heterocycles. The number of hydrogen-bond acceptors (Lipinski definition) is 3. The Labute approximate surface area is 244 Å². The van der Waals surface area contributed by atoms with E-state index in [9.17, 15) is 45.4 Å². The number of urea groups is 1. The number of carboxylic acid groups (broad SMARTS) is 1. The lowest BCUT2D eigenvalue weighted by Crippen LogP contribution is -2.52. The number of nitrogens with zero attached hydrogens (tertiary/aromatic N) is 3. The topological polar surface area (TPSA) is 64.1 Å². The van der Waals surface area contributed by atoms with Gasteiger partial charge in [0.25, 0.3) is 0 Å². The summed E-state index contributed by atoms with van der Waals surface area (Å²) < 4.78 is 95.0. The monoisotopic (exact) mass is 615 g/mol. The van der Waals surface area contributed by atoms with Crippen LogP contribution in [0.25, 0.3) is 0 Å². The van der Waals surface area contributed by atoms with Crippen LogP contribution < -0.4 is 0 Å². The van der Waals surface area contributed by atoms with Crippen molar-refractivity contribution in [1.29, 1.82) is 0 Å². The highest BCUT2D eigenvalue weighted by Crippen LogP contribution is 2.59. The van der Waals surface area contributed by atoms with Crippen molar-refractivity contribution in [2.75, 3.05) is 26.7 Å². The number of aryl methyl sites for hydroxylation is 1. The van der Waals surface area contributed by atoms with Gasteiger partial charge in [-0.2, -0.15) is 26.3 Å². The van der Waals surface area contributed by atoms with Crippen LogP contribution >= 0.6 is 0 Å². The van der Waals surface area contributed by atoms with Crippen LogP contribution in [0.4, 0.5) is 35.5 Å². The molecule has 1 N–H and O–H groups in total. The predicted molar refractivity (Wildman–Crippen MR) is 141 cm³/mol. The van der Waals surface area contributed by atoms with Crippen LogP contribution in [-0.2, 0) is 17.1 Å². The van der Waals surface area contributed by atoms with Crippen molar-refractivity contribution in [3.8, 4) is 0 Å². The molecule has 2 amide bonds. The van der Waals surface area contributed by atoms with Crippen LogP contribution in [-0.4, -0.2) is 64.5 Å². The maximum absolute atomic E-state index is 14.0. The normalized spacial score (nSPS) is 26.7. The zero-order valence-corrected chi connectivity index (χ0v) is 23.8. The van der Waals surface area contributed by atoms with Gasteiger partial charge >= 0.3 is 24.4 Å². The molecule has 2 aromatic carbocycles. The largest absolute Gasteiger partial charge is 0.481 e. The van der Waals surface area contributed by atoms with E-state index in [0.717, 1.165) is 4.90 Å². The third-order valence-electron chi connectivity index (χ3n) is 9.50. The molecule has 0 spiro atoms. The number of piperidine rings is 2. The van der Waals surface area contributed by atoms with Crippen LogP contribution in [0.2, 0.25) is 0 Å². The zero-order chi connectivity index (χ0) is 31.6.